The summed E-state index contributed by atoms with van der Waals surface area (Å²) in [6, 6.07) is 11.4. The van der Waals surface area contributed by atoms with Crippen LogP contribution in [0.3, 0.4) is 0 Å². The Bertz CT molecular complexity index is 896. The van der Waals surface area contributed by atoms with Crippen molar-refractivity contribution < 1.29 is 13.9 Å². The highest BCUT2D eigenvalue weighted by Crippen LogP contribution is 2.31. The summed E-state index contributed by atoms with van der Waals surface area (Å²) in [5.41, 5.74) is 2.54. The molecule has 30 heavy (non-hydrogen) atoms. The van der Waals surface area contributed by atoms with E-state index in [2.05, 4.69) is 22.9 Å². The summed E-state index contributed by atoms with van der Waals surface area (Å²) in [7, 11) is 2.04. The Morgan fingerprint density at radius 1 is 1.23 bits per heavy atom. The highest BCUT2D eigenvalue weighted by atomic mass is 19.1. The molecular weight excluding hydrogens is 381 g/mol. The van der Waals surface area contributed by atoms with Crippen molar-refractivity contribution in [3.05, 3.63) is 78.7 Å². The monoisotopic (exact) mass is 409 g/mol. The Morgan fingerprint density at radius 2 is 2.03 bits per heavy atom. The third-order valence-electron chi connectivity index (χ3n) is 4.88. The summed E-state index contributed by atoms with van der Waals surface area (Å²) < 4.78 is 18.9. The summed E-state index contributed by atoms with van der Waals surface area (Å²) in [5.74, 6) is 0.459. The number of carbonyl (C=O) groups excluding carboxylic acids is 1. The number of rotatable bonds is 8. The van der Waals surface area contributed by atoms with E-state index < -0.39 is 0 Å². The van der Waals surface area contributed by atoms with Crippen molar-refractivity contribution in [1.29, 1.82) is 0 Å². The van der Waals surface area contributed by atoms with Gasteiger partial charge in [-0.2, -0.15) is 0 Å². The number of hydrogen-bond acceptors (Lipinski definition) is 3. The Morgan fingerprint density at radius 3 is 2.80 bits per heavy atom. The number of hydrogen-bond donors (Lipinski definition) is 1. The number of benzene rings is 2. The van der Waals surface area contributed by atoms with Crippen LogP contribution in [0.4, 0.5) is 20.6 Å². The summed E-state index contributed by atoms with van der Waals surface area (Å²) in [4.78, 5) is 16.6. The molecule has 0 saturated heterocycles. The van der Waals surface area contributed by atoms with Gasteiger partial charge in [0, 0.05) is 31.0 Å². The largest absolute Gasteiger partial charge is 0.490 e. The van der Waals surface area contributed by atoms with Gasteiger partial charge in [-0.3, -0.25) is 9.80 Å². The molecule has 1 heterocycles. The Hall–Kier alpha value is -3.12. The minimum absolute atomic E-state index is 0.220. The first-order valence-electron chi connectivity index (χ1n) is 10.1. The van der Waals surface area contributed by atoms with E-state index in [1.807, 2.05) is 37.4 Å². The van der Waals surface area contributed by atoms with Crippen LogP contribution < -0.4 is 15.0 Å². The lowest BCUT2D eigenvalue weighted by Crippen LogP contribution is -2.38. The lowest BCUT2D eigenvalue weighted by molar-refractivity contribution is 0.256. The molecule has 1 aliphatic heterocycles. The van der Waals surface area contributed by atoms with Crippen LogP contribution in [0.25, 0.3) is 0 Å². The molecule has 6 heteroatoms. The van der Waals surface area contributed by atoms with Crippen LogP contribution in [0, 0.1) is 5.82 Å². The number of halogens is 1. The van der Waals surface area contributed by atoms with E-state index in [0.29, 0.717) is 18.8 Å². The number of aryl methyl sites for hydroxylation is 1. The standard InChI is InChI=1S/C24H28FN3O2/c1-3-14-27(2)15-4-5-17-30-22-12-13-23-19(18-22)7-6-16-28(23)24(29)26-21-10-8-20(25)9-11-21/h3-5,8-13,18H,1,6-7,14-17H2,2H3,(H,26,29)/b5-4+. The maximum atomic E-state index is 13.1. The molecule has 0 fully saturated rings. The fraction of sp³-hybridized carbons (Fsp3) is 0.292. The zero-order chi connectivity index (χ0) is 21.3. The van der Waals surface area contributed by atoms with Crippen molar-refractivity contribution in [3.8, 4) is 5.75 Å². The van der Waals surface area contributed by atoms with Gasteiger partial charge in [0.05, 0.1) is 0 Å². The lowest BCUT2D eigenvalue weighted by Gasteiger charge is -2.30. The number of likely N-dealkylation sites (N-methyl/N-ethyl adjacent to an activating group) is 1. The van der Waals surface area contributed by atoms with Crippen molar-refractivity contribution in [3.63, 3.8) is 0 Å². The SMILES string of the molecule is C=CCN(C)C/C=C/COc1ccc2c(c1)CCCN2C(=O)Nc1ccc(F)cc1. The highest BCUT2D eigenvalue weighted by molar-refractivity contribution is 6.02. The van der Waals surface area contributed by atoms with Gasteiger partial charge in [-0.25, -0.2) is 9.18 Å². The van der Waals surface area contributed by atoms with Gasteiger partial charge in [0.2, 0.25) is 0 Å². The Labute approximate surface area is 177 Å². The van der Waals surface area contributed by atoms with Crippen LogP contribution in [0.15, 0.2) is 67.3 Å². The van der Waals surface area contributed by atoms with E-state index in [1.54, 1.807) is 17.0 Å². The number of carbonyl (C=O) groups is 1. The predicted octanol–water partition coefficient (Wildman–Crippen LogP) is 4.86. The van der Waals surface area contributed by atoms with E-state index in [0.717, 1.165) is 42.9 Å². The maximum absolute atomic E-state index is 13.1. The molecular formula is C24H28FN3O2. The predicted molar refractivity (Wildman–Crippen MR) is 120 cm³/mol. The van der Waals surface area contributed by atoms with Gasteiger partial charge >= 0.3 is 6.03 Å². The number of ether oxygens (including phenoxy) is 1. The second-order valence-electron chi connectivity index (χ2n) is 7.28. The van der Waals surface area contributed by atoms with Gasteiger partial charge in [-0.1, -0.05) is 18.2 Å². The molecule has 3 rings (SSSR count). The van der Waals surface area contributed by atoms with Crippen LogP contribution in [0.5, 0.6) is 5.75 Å². The zero-order valence-corrected chi connectivity index (χ0v) is 17.3. The maximum Gasteiger partial charge on any atom is 0.326 e. The van der Waals surface area contributed by atoms with Crippen molar-refractivity contribution in [2.75, 3.05) is 43.5 Å². The Balaban J connectivity index is 1.58. The number of fused-ring (bicyclic) bond motifs is 1. The fourth-order valence-corrected chi connectivity index (χ4v) is 3.36. The Kier molecular flexibility index (Phi) is 7.63. The third kappa shape index (κ3) is 5.94. The first-order chi connectivity index (χ1) is 14.6. The zero-order valence-electron chi connectivity index (χ0n) is 17.3. The topological polar surface area (TPSA) is 44.8 Å². The molecule has 1 aliphatic rings. The van der Waals surface area contributed by atoms with Gasteiger partial charge in [0.25, 0.3) is 0 Å². The van der Waals surface area contributed by atoms with E-state index in [9.17, 15) is 9.18 Å². The molecule has 0 atom stereocenters. The molecule has 2 amide bonds. The quantitative estimate of drug-likeness (QED) is 0.633. The molecule has 2 aromatic rings. The highest BCUT2D eigenvalue weighted by Gasteiger charge is 2.23. The second kappa shape index (κ2) is 10.6. The second-order valence-corrected chi connectivity index (χ2v) is 7.28. The molecule has 0 bridgehead atoms. The van der Waals surface area contributed by atoms with Crippen molar-refractivity contribution >= 4 is 17.4 Å². The van der Waals surface area contributed by atoms with Crippen molar-refractivity contribution in [2.45, 2.75) is 12.8 Å². The summed E-state index contributed by atoms with van der Waals surface area (Å²) in [5, 5.41) is 2.83. The molecule has 0 aromatic heterocycles. The molecule has 5 nitrogen and oxygen atoms in total. The van der Waals surface area contributed by atoms with Crippen LogP contribution in [-0.4, -0.2) is 44.2 Å². The molecule has 158 valence electrons. The van der Waals surface area contributed by atoms with E-state index in [1.165, 1.54) is 12.1 Å². The number of nitrogens with zero attached hydrogens (tertiary/aromatic N) is 2. The third-order valence-corrected chi connectivity index (χ3v) is 4.88. The molecule has 0 aliphatic carbocycles. The smallest absolute Gasteiger partial charge is 0.326 e. The van der Waals surface area contributed by atoms with Crippen LogP contribution in [-0.2, 0) is 6.42 Å². The number of anilines is 2. The minimum Gasteiger partial charge on any atom is -0.490 e. The normalized spacial score (nSPS) is 13.4. The summed E-state index contributed by atoms with van der Waals surface area (Å²) in [6.45, 7) is 6.56. The minimum atomic E-state index is -0.331. The van der Waals surface area contributed by atoms with Crippen molar-refractivity contribution in [2.24, 2.45) is 0 Å². The molecule has 0 unspecified atom stereocenters. The summed E-state index contributed by atoms with van der Waals surface area (Å²) in [6.07, 6.45) is 7.73. The van der Waals surface area contributed by atoms with Crippen LogP contribution in [0.2, 0.25) is 0 Å². The van der Waals surface area contributed by atoms with Gasteiger partial charge in [-0.05, 0) is 67.9 Å². The number of amides is 2. The van der Waals surface area contributed by atoms with Gasteiger partial charge in [0.15, 0.2) is 0 Å². The first-order valence-corrected chi connectivity index (χ1v) is 10.1. The van der Waals surface area contributed by atoms with Gasteiger partial charge in [0.1, 0.15) is 18.2 Å². The molecule has 1 N–H and O–H groups in total. The van der Waals surface area contributed by atoms with Gasteiger partial charge < -0.3 is 10.1 Å². The molecule has 0 radical (unpaired) electrons. The fourth-order valence-electron chi connectivity index (χ4n) is 3.36. The van der Waals surface area contributed by atoms with E-state index >= 15 is 0 Å². The number of urea groups is 1. The molecule has 2 aromatic carbocycles. The van der Waals surface area contributed by atoms with E-state index in [-0.39, 0.29) is 11.8 Å². The van der Waals surface area contributed by atoms with Crippen molar-refractivity contribution in [1.82, 2.24) is 4.90 Å². The molecule has 0 spiro atoms. The van der Waals surface area contributed by atoms with Crippen LogP contribution >= 0.6 is 0 Å². The lowest BCUT2D eigenvalue weighted by atomic mass is 10.0. The first kappa shape index (κ1) is 21.6. The molecule has 0 saturated carbocycles. The number of nitrogens with one attached hydrogen (secondary N) is 1. The summed E-state index contributed by atoms with van der Waals surface area (Å²) >= 11 is 0. The average molecular weight is 410 g/mol. The average Bonchev–Trinajstić information content (AvgIpc) is 2.74. The van der Waals surface area contributed by atoms with E-state index in [4.69, 9.17) is 4.74 Å². The van der Waals surface area contributed by atoms with Gasteiger partial charge in [-0.15, -0.1) is 6.58 Å². The van der Waals surface area contributed by atoms with Crippen LogP contribution in [0.1, 0.15) is 12.0 Å².